The minimum atomic E-state index is -0.631. The number of nitrogens with one attached hydrogen (secondary N) is 1. The minimum Gasteiger partial charge on any atom is -0.351 e. The summed E-state index contributed by atoms with van der Waals surface area (Å²) >= 11 is 0. The van der Waals surface area contributed by atoms with Gasteiger partial charge in [0, 0.05) is 11.3 Å². The Morgan fingerprint density at radius 2 is 1.60 bits per heavy atom. The molecule has 0 radical (unpaired) electrons. The Labute approximate surface area is 116 Å². The summed E-state index contributed by atoms with van der Waals surface area (Å²) in [6, 6.07) is 15.5. The second-order valence-electron chi connectivity index (χ2n) is 4.17. The number of allylic oxidation sites excluding steroid dienone is 1. The number of carbonyl (C=O) groups is 2. The summed E-state index contributed by atoms with van der Waals surface area (Å²) < 4.78 is 0. The molecule has 3 N–H and O–H groups in total. The SMILES string of the molecule is NC(=O)Nc1ccc(C(=O)/C=C/c2ccccc2)cc1. The van der Waals surface area contributed by atoms with Crippen molar-refractivity contribution in [3.8, 4) is 0 Å². The fourth-order valence-electron chi connectivity index (χ4n) is 1.69. The van der Waals surface area contributed by atoms with Gasteiger partial charge in [-0.15, -0.1) is 0 Å². The number of rotatable bonds is 4. The standard InChI is InChI=1S/C16H14N2O2/c17-16(20)18-14-9-7-13(8-10-14)15(19)11-6-12-4-2-1-3-5-12/h1-11H,(H3,17,18,20)/b11-6+. The number of primary amides is 1. The van der Waals surface area contributed by atoms with Crippen LogP contribution < -0.4 is 11.1 Å². The summed E-state index contributed by atoms with van der Waals surface area (Å²) in [5.74, 6) is -0.0977. The summed E-state index contributed by atoms with van der Waals surface area (Å²) in [4.78, 5) is 22.6. The van der Waals surface area contributed by atoms with Crippen molar-refractivity contribution in [3.05, 3.63) is 71.8 Å². The summed E-state index contributed by atoms with van der Waals surface area (Å²) in [6.45, 7) is 0. The Balaban J connectivity index is 2.06. The van der Waals surface area contributed by atoms with Crippen LogP contribution >= 0.6 is 0 Å². The predicted molar refractivity (Wildman–Crippen MR) is 79.5 cm³/mol. The van der Waals surface area contributed by atoms with Crippen LogP contribution in [-0.4, -0.2) is 11.8 Å². The highest BCUT2D eigenvalue weighted by Gasteiger charge is 2.02. The number of hydrogen-bond acceptors (Lipinski definition) is 2. The van der Waals surface area contributed by atoms with Crippen molar-refractivity contribution in [3.63, 3.8) is 0 Å². The maximum absolute atomic E-state index is 12.0. The molecular weight excluding hydrogens is 252 g/mol. The molecule has 0 spiro atoms. The smallest absolute Gasteiger partial charge is 0.316 e. The highest BCUT2D eigenvalue weighted by atomic mass is 16.2. The summed E-state index contributed by atoms with van der Waals surface area (Å²) in [5, 5.41) is 2.44. The van der Waals surface area contributed by atoms with Gasteiger partial charge in [-0.1, -0.05) is 36.4 Å². The van der Waals surface area contributed by atoms with Crippen LogP contribution in [0.2, 0.25) is 0 Å². The van der Waals surface area contributed by atoms with E-state index in [-0.39, 0.29) is 5.78 Å². The molecule has 100 valence electrons. The van der Waals surface area contributed by atoms with E-state index in [0.717, 1.165) is 5.56 Å². The van der Waals surface area contributed by atoms with E-state index in [2.05, 4.69) is 5.32 Å². The van der Waals surface area contributed by atoms with Crippen molar-refractivity contribution in [1.29, 1.82) is 0 Å². The van der Waals surface area contributed by atoms with Gasteiger partial charge in [-0.2, -0.15) is 0 Å². The van der Waals surface area contributed by atoms with Crippen molar-refractivity contribution < 1.29 is 9.59 Å². The first-order valence-corrected chi connectivity index (χ1v) is 6.09. The number of urea groups is 1. The zero-order chi connectivity index (χ0) is 14.4. The van der Waals surface area contributed by atoms with Gasteiger partial charge in [-0.25, -0.2) is 4.79 Å². The topological polar surface area (TPSA) is 72.2 Å². The third-order valence-electron chi connectivity index (χ3n) is 2.66. The minimum absolute atomic E-state index is 0.0977. The molecule has 0 saturated heterocycles. The predicted octanol–water partition coefficient (Wildman–Crippen LogP) is 3.07. The quantitative estimate of drug-likeness (QED) is 0.659. The molecule has 0 bridgehead atoms. The van der Waals surface area contributed by atoms with E-state index in [1.54, 1.807) is 30.3 Å². The van der Waals surface area contributed by atoms with Gasteiger partial charge in [0.25, 0.3) is 0 Å². The van der Waals surface area contributed by atoms with E-state index in [4.69, 9.17) is 5.73 Å². The van der Waals surface area contributed by atoms with Crippen LogP contribution in [0.5, 0.6) is 0 Å². The summed E-state index contributed by atoms with van der Waals surface area (Å²) in [5.41, 5.74) is 7.08. The second kappa shape index (κ2) is 6.33. The lowest BCUT2D eigenvalue weighted by molar-refractivity contribution is 0.104. The van der Waals surface area contributed by atoms with Crippen LogP contribution in [0, 0.1) is 0 Å². The molecule has 0 atom stereocenters. The molecule has 0 heterocycles. The first-order chi connectivity index (χ1) is 9.65. The number of carbonyl (C=O) groups excluding carboxylic acids is 2. The van der Waals surface area contributed by atoms with Crippen LogP contribution in [0.4, 0.5) is 10.5 Å². The van der Waals surface area contributed by atoms with E-state index in [0.29, 0.717) is 11.3 Å². The highest BCUT2D eigenvalue weighted by Crippen LogP contribution is 2.11. The van der Waals surface area contributed by atoms with Crippen molar-refractivity contribution in [2.24, 2.45) is 5.73 Å². The summed E-state index contributed by atoms with van der Waals surface area (Å²) in [7, 11) is 0. The van der Waals surface area contributed by atoms with Crippen molar-refractivity contribution in [2.75, 3.05) is 5.32 Å². The molecule has 2 rings (SSSR count). The monoisotopic (exact) mass is 266 g/mol. The van der Waals surface area contributed by atoms with Gasteiger partial charge in [-0.05, 0) is 35.9 Å². The first kappa shape index (κ1) is 13.5. The van der Waals surface area contributed by atoms with Crippen LogP contribution in [0.15, 0.2) is 60.7 Å². The van der Waals surface area contributed by atoms with E-state index in [1.165, 1.54) is 6.08 Å². The van der Waals surface area contributed by atoms with Crippen molar-refractivity contribution in [1.82, 2.24) is 0 Å². The summed E-state index contributed by atoms with van der Waals surface area (Å²) in [6.07, 6.45) is 3.28. The molecule has 0 aliphatic carbocycles. The third kappa shape index (κ3) is 3.81. The Kier molecular flexibility index (Phi) is 4.29. The van der Waals surface area contributed by atoms with Crippen LogP contribution in [0.3, 0.4) is 0 Å². The van der Waals surface area contributed by atoms with Crippen LogP contribution in [0.25, 0.3) is 6.08 Å². The van der Waals surface area contributed by atoms with Gasteiger partial charge < -0.3 is 11.1 Å². The van der Waals surface area contributed by atoms with Crippen molar-refractivity contribution in [2.45, 2.75) is 0 Å². The molecular formula is C16H14N2O2. The fraction of sp³-hybridized carbons (Fsp3) is 0. The van der Waals surface area contributed by atoms with Crippen LogP contribution in [0.1, 0.15) is 15.9 Å². The zero-order valence-electron chi connectivity index (χ0n) is 10.7. The Bertz CT molecular complexity index is 631. The number of ketones is 1. The van der Waals surface area contributed by atoms with E-state index in [9.17, 15) is 9.59 Å². The molecule has 0 aromatic heterocycles. The van der Waals surface area contributed by atoms with Crippen molar-refractivity contribution >= 4 is 23.6 Å². The Morgan fingerprint density at radius 3 is 2.20 bits per heavy atom. The second-order valence-corrected chi connectivity index (χ2v) is 4.17. The fourth-order valence-corrected chi connectivity index (χ4v) is 1.69. The maximum atomic E-state index is 12.0. The van der Waals surface area contributed by atoms with E-state index in [1.807, 2.05) is 30.3 Å². The molecule has 0 aliphatic heterocycles. The largest absolute Gasteiger partial charge is 0.351 e. The lowest BCUT2D eigenvalue weighted by atomic mass is 10.1. The molecule has 20 heavy (non-hydrogen) atoms. The molecule has 0 saturated carbocycles. The number of anilines is 1. The van der Waals surface area contributed by atoms with Gasteiger partial charge in [0.2, 0.25) is 0 Å². The zero-order valence-corrected chi connectivity index (χ0v) is 10.7. The molecule has 2 amide bonds. The lowest BCUT2D eigenvalue weighted by Crippen LogP contribution is -2.19. The van der Waals surface area contributed by atoms with Gasteiger partial charge in [-0.3, -0.25) is 4.79 Å². The molecule has 4 heteroatoms. The number of benzene rings is 2. The van der Waals surface area contributed by atoms with Crippen LogP contribution in [-0.2, 0) is 0 Å². The first-order valence-electron chi connectivity index (χ1n) is 6.09. The number of nitrogens with two attached hydrogens (primary N) is 1. The Hall–Kier alpha value is -2.88. The Morgan fingerprint density at radius 1 is 0.950 bits per heavy atom. The molecule has 0 unspecified atom stereocenters. The average Bonchev–Trinajstić information content (AvgIpc) is 2.46. The van der Waals surface area contributed by atoms with Gasteiger partial charge in [0.15, 0.2) is 5.78 Å². The maximum Gasteiger partial charge on any atom is 0.316 e. The highest BCUT2D eigenvalue weighted by molar-refractivity contribution is 6.07. The molecule has 4 nitrogen and oxygen atoms in total. The van der Waals surface area contributed by atoms with Gasteiger partial charge in [0.05, 0.1) is 0 Å². The lowest BCUT2D eigenvalue weighted by Gasteiger charge is -2.02. The number of amides is 2. The average molecular weight is 266 g/mol. The van der Waals surface area contributed by atoms with E-state index >= 15 is 0 Å². The normalized spacial score (nSPS) is 10.4. The van der Waals surface area contributed by atoms with Gasteiger partial charge >= 0.3 is 6.03 Å². The van der Waals surface area contributed by atoms with Gasteiger partial charge in [0.1, 0.15) is 0 Å². The number of hydrogen-bond donors (Lipinski definition) is 2. The third-order valence-corrected chi connectivity index (χ3v) is 2.66. The molecule has 0 fully saturated rings. The molecule has 2 aromatic carbocycles. The molecule has 0 aliphatic rings. The molecule has 2 aromatic rings. The van der Waals surface area contributed by atoms with E-state index < -0.39 is 6.03 Å².